The van der Waals surface area contributed by atoms with E-state index in [2.05, 4.69) is 52.0 Å². The molecule has 0 bridgehead atoms. The summed E-state index contributed by atoms with van der Waals surface area (Å²) in [6.07, 6.45) is 58.7. The number of benzene rings is 4. The van der Waals surface area contributed by atoms with Crippen LogP contribution in [-0.2, 0) is 0 Å². The molecule has 0 spiro atoms. The van der Waals surface area contributed by atoms with Crippen LogP contribution in [0.4, 0.5) is 17.6 Å². The van der Waals surface area contributed by atoms with Gasteiger partial charge in [-0.2, -0.15) is 0 Å². The van der Waals surface area contributed by atoms with Gasteiger partial charge in [-0.25, -0.2) is 17.6 Å². The lowest BCUT2D eigenvalue weighted by Crippen LogP contribution is -2.25. The molecule has 0 saturated heterocycles. The van der Waals surface area contributed by atoms with Crippen LogP contribution in [0.3, 0.4) is 0 Å². The first-order chi connectivity index (χ1) is 45.7. The molecular weight excluding hydrogens is 1160 g/mol. The van der Waals surface area contributed by atoms with Crippen LogP contribution in [-0.4, -0.2) is 0 Å². The number of aryl methyl sites for hydroxylation is 4. The molecule has 94 heavy (non-hydrogen) atoms. The van der Waals surface area contributed by atoms with E-state index in [-0.39, 0.29) is 23.3 Å². The first-order valence-corrected chi connectivity index (χ1v) is 40.7. The predicted molar refractivity (Wildman–Crippen MR) is 394 cm³/mol. The number of hydrogen-bond donors (Lipinski definition) is 0. The summed E-state index contributed by atoms with van der Waals surface area (Å²) in [6, 6.07) is 23.6. The first kappa shape index (κ1) is 74.8. The van der Waals surface area contributed by atoms with Crippen molar-refractivity contribution >= 4 is 0 Å². The molecule has 4 heteroatoms. The number of hydrogen-bond acceptors (Lipinski definition) is 0. The van der Waals surface area contributed by atoms with Gasteiger partial charge in [0.15, 0.2) is 0 Å². The van der Waals surface area contributed by atoms with Crippen LogP contribution < -0.4 is 0 Å². The molecule has 8 aliphatic carbocycles. The molecule has 0 atom stereocenters. The molecule has 8 aliphatic rings. The Bertz CT molecular complexity index is 2750. The lowest BCUT2D eigenvalue weighted by atomic mass is 9.68. The third-order valence-corrected chi connectivity index (χ3v) is 27.4. The maximum Gasteiger partial charge on any atom is 0.126 e. The van der Waals surface area contributed by atoms with Gasteiger partial charge in [0.2, 0.25) is 0 Å². The van der Waals surface area contributed by atoms with Crippen LogP contribution in [0.2, 0.25) is 0 Å². The van der Waals surface area contributed by atoms with Crippen molar-refractivity contribution in [3.63, 3.8) is 0 Å². The minimum atomic E-state index is -0.0301. The highest BCUT2D eigenvalue weighted by molar-refractivity contribution is 5.30. The summed E-state index contributed by atoms with van der Waals surface area (Å²) in [6.45, 7) is 16.7. The summed E-state index contributed by atoms with van der Waals surface area (Å²) in [5, 5.41) is 0. The van der Waals surface area contributed by atoms with E-state index in [1.165, 1.54) is 292 Å². The van der Waals surface area contributed by atoms with Gasteiger partial charge < -0.3 is 0 Å². The minimum Gasteiger partial charge on any atom is -0.207 e. The topological polar surface area (TPSA) is 0 Å². The first-order valence-electron chi connectivity index (χ1n) is 40.7. The number of unbranched alkanes of at least 4 members (excludes halogenated alkanes) is 3. The van der Waals surface area contributed by atoms with E-state index >= 15 is 0 Å². The van der Waals surface area contributed by atoms with E-state index < -0.39 is 0 Å². The molecule has 8 fully saturated rings. The van der Waals surface area contributed by atoms with E-state index in [0.717, 1.165) is 93.3 Å². The summed E-state index contributed by atoms with van der Waals surface area (Å²) < 4.78 is 55.2. The largest absolute Gasteiger partial charge is 0.207 e. The lowest BCUT2D eigenvalue weighted by molar-refractivity contribution is 0.155. The van der Waals surface area contributed by atoms with E-state index in [1.807, 2.05) is 52.0 Å². The van der Waals surface area contributed by atoms with Gasteiger partial charge in [0, 0.05) is 0 Å². The zero-order chi connectivity index (χ0) is 66.3. The van der Waals surface area contributed by atoms with Gasteiger partial charge in [0.25, 0.3) is 0 Å². The Morgan fingerprint density at radius 2 is 0.468 bits per heavy atom. The van der Waals surface area contributed by atoms with E-state index in [0.29, 0.717) is 23.7 Å². The highest BCUT2D eigenvalue weighted by Gasteiger charge is 2.36. The molecule has 0 aromatic heterocycles. The van der Waals surface area contributed by atoms with Gasteiger partial charge in [0.05, 0.1) is 0 Å². The van der Waals surface area contributed by atoms with Gasteiger partial charge >= 0.3 is 0 Å². The van der Waals surface area contributed by atoms with Crippen molar-refractivity contribution in [1.29, 1.82) is 0 Å². The SMILES string of the molecule is CCC1CCC(C2CCC(c3ccc(C)c(F)c3)CC2)CC1.CCCC1CCC(C2CCC(c3ccc(C)c(F)c3)CC2)CC1.CCCCC1CCC(C2CCC(c3ccc(C)c(F)c3)CC2)CC1.CCCCCC1CCC(C2CCC(c3ccc(C)c(F)c3)CC2)CC1. The fourth-order valence-electron chi connectivity index (χ4n) is 20.6. The molecular formula is C90H136F4. The Kier molecular flexibility index (Phi) is 30.9. The quantitative estimate of drug-likeness (QED) is 0.0688. The second-order valence-electron chi connectivity index (χ2n) is 33.4. The summed E-state index contributed by atoms with van der Waals surface area (Å²) in [7, 11) is 0. The molecule has 0 amide bonds. The second kappa shape index (κ2) is 38.8. The van der Waals surface area contributed by atoms with Gasteiger partial charge in [-0.15, -0.1) is 0 Å². The standard InChI is InChI=1S/C24H37F.C23H35F.C22H33F.C21H31F/c1-3-4-5-6-19-8-11-20(12-9-19)21-13-15-22(16-14-21)23-10-7-18(2)24(25)17-23;1-3-4-5-18-7-10-19(11-8-18)20-12-14-21(15-13-20)22-9-6-17(2)23(24)16-22;1-3-4-17-6-9-18(10-7-17)19-11-13-20(14-12-19)21-8-5-16(2)22(23)15-21;1-3-16-5-8-17(9-6-16)18-10-12-19(13-11-18)20-7-4-15(2)21(22)14-20/h7,10,17,19-22H,3-6,8-9,11-16H2,1-2H3;6,9,16,18-21H,3-5,7-8,10-15H2,1-2H3;5,8,15,17-20H,3-4,6-7,9-14H2,1-2H3;4,7,14,16-19H,3,5-6,8-13H2,1-2H3. The summed E-state index contributed by atoms with van der Waals surface area (Å²) in [4.78, 5) is 0. The summed E-state index contributed by atoms with van der Waals surface area (Å²) >= 11 is 0. The molecule has 0 heterocycles. The summed E-state index contributed by atoms with van der Waals surface area (Å²) in [5.41, 5.74) is 8.02. The van der Waals surface area contributed by atoms with Crippen LogP contribution >= 0.6 is 0 Å². The molecule has 0 aliphatic heterocycles. The van der Waals surface area contributed by atoms with Crippen molar-refractivity contribution in [2.24, 2.45) is 71.0 Å². The predicted octanol–water partition coefficient (Wildman–Crippen LogP) is 28.8. The molecule has 8 saturated carbocycles. The van der Waals surface area contributed by atoms with Crippen molar-refractivity contribution < 1.29 is 17.6 Å². The Labute approximate surface area is 574 Å². The van der Waals surface area contributed by atoms with Crippen LogP contribution in [0, 0.1) is 122 Å². The van der Waals surface area contributed by atoms with Crippen molar-refractivity contribution in [1.82, 2.24) is 0 Å². The minimum absolute atomic E-state index is 0.0268. The molecule has 12 rings (SSSR count). The van der Waals surface area contributed by atoms with Crippen molar-refractivity contribution in [3.05, 3.63) is 141 Å². The number of halogens is 4. The van der Waals surface area contributed by atoms with E-state index in [1.54, 1.807) is 24.3 Å². The highest BCUT2D eigenvalue weighted by Crippen LogP contribution is 2.49. The molecule has 0 N–H and O–H groups in total. The maximum atomic E-state index is 13.8. The molecule has 0 nitrogen and oxygen atoms in total. The van der Waals surface area contributed by atoms with Gasteiger partial charge in [-0.05, 0) is 345 Å². The van der Waals surface area contributed by atoms with Crippen LogP contribution in [0.5, 0.6) is 0 Å². The van der Waals surface area contributed by atoms with Gasteiger partial charge in [0.1, 0.15) is 23.3 Å². The smallest absolute Gasteiger partial charge is 0.126 e. The molecule has 4 aromatic carbocycles. The lowest BCUT2D eigenvalue weighted by Gasteiger charge is -2.38. The number of rotatable bonds is 18. The van der Waals surface area contributed by atoms with Crippen LogP contribution in [0.15, 0.2) is 72.8 Å². The van der Waals surface area contributed by atoms with Crippen LogP contribution in [0.25, 0.3) is 0 Å². The Morgan fingerprint density at radius 1 is 0.245 bits per heavy atom. The fraction of sp³-hybridized carbons (Fsp3) is 0.733. The zero-order valence-corrected chi connectivity index (χ0v) is 61.4. The molecule has 524 valence electrons. The van der Waals surface area contributed by atoms with Crippen LogP contribution in [0.1, 0.15) is 366 Å². The second-order valence-corrected chi connectivity index (χ2v) is 33.4. The Balaban J connectivity index is 0.000000148. The normalized spacial score (nSPS) is 31.5. The zero-order valence-electron chi connectivity index (χ0n) is 61.4. The van der Waals surface area contributed by atoms with Crippen molar-refractivity contribution in [2.75, 3.05) is 0 Å². The van der Waals surface area contributed by atoms with E-state index in [4.69, 9.17) is 0 Å². The Morgan fingerprint density at radius 3 is 0.691 bits per heavy atom. The third-order valence-electron chi connectivity index (χ3n) is 27.4. The van der Waals surface area contributed by atoms with Gasteiger partial charge in [-0.1, -0.05) is 192 Å². The average Bonchev–Trinajstić information content (AvgIpc) is 1.06. The molecule has 0 radical (unpaired) electrons. The van der Waals surface area contributed by atoms with E-state index in [9.17, 15) is 17.6 Å². The third kappa shape index (κ3) is 22.3. The monoisotopic (exact) mass is 1290 g/mol. The molecule has 0 unspecified atom stereocenters. The van der Waals surface area contributed by atoms with Crippen molar-refractivity contribution in [2.45, 2.75) is 349 Å². The van der Waals surface area contributed by atoms with Crippen molar-refractivity contribution in [3.8, 4) is 0 Å². The highest BCUT2D eigenvalue weighted by atomic mass is 19.1. The maximum absolute atomic E-state index is 13.8. The average molecular weight is 1290 g/mol. The molecule has 4 aromatic rings. The Hall–Kier alpha value is -3.40. The summed E-state index contributed by atoms with van der Waals surface area (Å²) in [5.74, 6) is 14.1. The fourth-order valence-corrected chi connectivity index (χ4v) is 20.6. The van der Waals surface area contributed by atoms with Gasteiger partial charge in [-0.3, -0.25) is 0 Å².